The Bertz CT molecular complexity index is 219. The van der Waals surface area contributed by atoms with Gasteiger partial charge < -0.3 is 16.0 Å². The van der Waals surface area contributed by atoms with Crippen LogP contribution in [0.1, 0.15) is 25.7 Å². The molecule has 0 amide bonds. The standard InChI is InChI=1S/C12H24N4/c1-2-7-14-12(13)15-8-3-4-9-16-10-5-6-11-16/h2H,1,3-11H2,(H3,13,14,15). The van der Waals surface area contributed by atoms with E-state index in [2.05, 4.69) is 21.8 Å². The molecule has 4 nitrogen and oxygen atoms in total. The summed E-state index contributed by atoms with van der Waals surface area (Å²) in [5.74, 6) is 0.529. The molecule has 1 aliphatic rings. The van der Waals surface area contributed by atoms with Gasteiger partial charge in [-0.25, -0.2) is 0 Å². The predicted octanol–water partition coefficient (Wildman–Crippen LogP) is 0.953. The minimum Gasteiger partial charge on any atom is -0.370 e. The van der Waals surface area contributed by atoms with Crippen LogP contribution in [0.3, 0.4) is 0 Å². The summed E-state index contributed by atoms with van der Waals surface area (Å²) in [5, 5.41) is 2.96. The predicted molar refractivity (Wildman–Crippen MR) is 69.6 cm³/mol. The van der Waals surface area contributed by atoms with Crippen molar-refractivity contribution < 1.29 is 0 Å². The van der Waals surface area contributed by atoms with Gasteiger partial charge >= 0.3 is 0 Å². The zero-order valence-electron chi connectivity index (χ0n) is 10.1. The Labute approximate surface area is 98.6 Å². The molecule has 0 radical (unpaired) electrons. The molecule has 0 aromatic heterocycles. The van der Waals surface area contributed by atoms with Crippen LogP contribution in [0.2, 0.25) is 0 Å². The van der Waals surface area contributed by atoms with Gasteiger partial charge in [-0.2, -0.15) is 0 Å². The Hall–Kier alpha value is -1.03. The Morgan fingerprint density at radius 2 is 2.12 bits per heavy atom. The van der Waals surface area contributed by atoms with Crippen LogP contribution in [0.25, 0.3) is 0 Å². The fourth-order valence-electron chi connectivity index (χ4n) is 1.89. The lowest BCUT2D eigenvalue weighted by atomic mass is 10.3. The first kappa shape index (κ1) is 13.0. The van der Waals surface area contributed by atoms with Gasteiger partial charge in [-0.3, -0.25) is 4.99 Å². The van der Waals surface area contributed by atoms with Crippen molar-refractivity contribution in [3.8, 4) is 0 Å². The number of rotatable bonds is 7. The summed E-state index contributed by atoms with van der Waals surface area (Å²) in [5.41, 5.74) is 5.64. The number of nitrogens with one attached hydrogen (secondary N) is 1. The highest BCUT2D eigenvalue weighted by Crippen LogP contribution is 2.07. The van der Waals surface area contributed by atoms with Crippen molar-refractivity contribution in [2.45, 2.75) is 25.7 Å². The van der Waals surface area contributed by atoms with Crippen molar-refractivity contribution in [1.82, 2.24) is 10.2 Å². The molecular weight excluding hydrogens is 200 g/mol. The molecule has 0 aromatic rings. The summed E-state index contributed by atoms with van der Waals surface area (Å²) in [4.78, 5) is 6.77. The van der Waals surface area contributed by atoms with Crippen LogP contribution in [0, 0.1) is 0 Å². The number of nitrogens with zero attached hydrogens (tertiary/aromatic N) is 2. The van der Waals surface area contributed by atoms with Gasteiger partial charge in [-0.05, 0) is 45.3 Å². The second kappa shape index (κ2) is 8.16. The van der Waals surface area contributed by atoms with E-state index in [1.807, 2.05) is 0 Å². The summed E-state index contributed by atoms with van der Waals surface area (Å²) in [6.45, 7) is 8.90. The van der Waals surface area contributed by atoms with Crippen molar-refractivity contribution >= 4 is 5.96 Å². The van der Waals surface area contributed by atoms with Gasteiger partial charge in [0.15, 0.2) is 5.96 Å². The second-order valence-corrected chi connectivity index (χ2v) is 4.19. The number of nitrogens with two attached hydrogens (primary N) is 1. The lowest BCUT2D eigenvalue weighted by Crippen LogP contribution is -2.31. The maximum atomic E-state index is 5.64. The summed E-state index contributed by atoms with van der Waals surface area (Å²) in [6.07, 6.45) is 6.86. The van der Waals surface area contributed by atoms with E-state index >= 15 is 0 Å². The summed E-state index contributed by atoms with van der Waals surface area (Å²) >= 11 is 0. The van der Waals surface area contributed by atoms with E-state index in [0.717, 1.165) is 13.0 Å². The van der Waals surface area contributed by atoms with Gasteiger partial charge in [-0.15, -0.1) is 6.58 Å². The van der Waals surface area contributed by atoms with Crippen molar-refractivity contribution in [2.24, 2.45) is 10.7 Å². The molecule has 1 fully saturated rings. The normalized spacial score (nSPS) is 17.6. The summed E-state index contributed by atoms with van der Waals surface area (Å²) < 4.78 is 0. The van der Waals surface area contributed by atoms with Crippen LogP contribution in [-0.2, 0) is 0 Å². The molecule has 0 aliphatic carbocycles. The molecule has 0 bridgehead atoms. The average Bonchev–Trinajstić information content (AvgIpc) is 2.79. The fourth-order valence-corrected chi connectivity index (χ4v) is 1.89. The Morgan fingerprint density at radius 1 is 1.38 bits per heavy atom. The molecule has 1 rings (SSSR count). The zero-order valence-corrected chi connectivity index (χ0v) is 10.1. The molecular formula is C12H24N4. The van der Waals surface area contributed by atoms with E-state index in [4.69, 9.17) is 5.73 Å². The first-order valence-corrected chi connectivity index (χ1v) is 6.20. The van der Waals surface area contributed by atoms with E-state index in [9.17, 15) is 0 Å². The molecule has 92 valence electrons. The van der Waals surface area contributed by atoms with Gasteiger partial charge in [0.2, 0.25) is 0 Å². The number of hydrogen-bond donors (Lipinski definition) is 2. The lowest BCUT2D eigenvalue weighted by Gasteiger charge is -2.13. The molecule has 0 spiro atoms. The monoisotopic (exact) mass is 224 g/mol. The van der Waals surface area contributed by atoms with Crippen LogP contribution in [0.4, 0.5) is 0 Å². The SMILES string of the molecule is C=CCNC(N)=NCCCCN1CCCC1. The minimum atomic E-state index is 0.529. The first-order valence-electron chi connectivity index (χ1n) is 6.20. The van der Waals surface area contributed by atoms with Gasteiger partial charge in [0.05, 0.1) is 0 Å². The van der Waals surface area contributed by atoms with Crippen LogP contribution >= 0.6 is 0 Å². The number of hydrogen-bond acceptors (Lipinski definition) is 2. The van der Waals surface area contributed by atoms with E-state index in [-0.39, 0.29) is 0 Å². The van der Waals surface area contributed by atoms with Crippen LogP contribution in [-0.4, -0.2) is 43.6 Å². The highest BCUT2D eigenvalue weighted by atomic mass is 15.1. The van der Waals surface area contributed by atoms with Gasteiger partial charge in [0.1, 0.15) is 0 Å². The Morgan fingerprint density at radius 3 is 2.81 bits per heavy atom. The third-order valence-electron chi connectivity index (χ3n) is 2.79. The van der Waals surface area contributed by atoms with Crippen molar-refractivity contribution in [1.29, 1.82) is 0 Å². The summed E-state index contributed by atoms with van der Waals surface area (Å²) in [6, 6.07) is 0. The van der Waals surface area contributed by atoms with E-state index in [1.165, 1.54) is 38.9 Å². The first-order chi connectivity index (χ1) is 7.83. The topological polar surface area (TPSA) is 53.6 Å². The zero-order chi connectivity index (χ0) is 11.6. The summed E-state index contributed by atoms with van der Waals surface area (Å²) in [7, 11) is 0. The van der Waals surface area contributed by atoms with Crippen molar-refractivity contribution in [3.05, 3.63) is 12.7 Å². The van der Waals surface area contributed by atoms with Crippen molar-refractivity contribution in [2.75, 3.05) is 32.7 Å². The number of likely N-dealkylation sites (tertiary alicyclic amines) is 1. The highest BCUT2D eigenvalue weighted by molar-refractivity contribution is 5.77. The molecule has 4 heteroatoms. The quantitative estimate of drug-likeness (QED) is 0.293. The van der Waals surface area contributed by atoms with Crippen LogP contribution < -0.4 is 11.1 Å². The molecule has 1 saturated heterocycles. The lowest BCUT2D eigenvalue weighted by molar-refractivity contribution is 0.331. The van der Waals surface area contributed by atoms with Crippen molar-refractivity contribution in [3.63, 3.8) is 0 Å². The Balaban J connectivity index is 1.95. The smallest absolute Gasteiger partial charge is 0.188 e. The van der Waals surface area contributed by atoms with E-state index < -0.39 is 0 Å². The minimum absolute atomic E-state index is 0.529. The highest BCUT2D eigenvalue weighted by Gasteiger charge is 2.09. The third-order valence-corrected chi connectivity index (χ3v) is 2.79. The molecule has 3 N–H and O–H groups in total. The number of guanidine groups is 1. The van der Waals surface area contributed by atoms with E-state index in [0.29, 0.717) is 12.5 Å². The largest absolute Gasteiger partial charge is 0.370 e. The van der Waals surface area contributed by atoms with E-state index in [1.54, 1.807) is 6.08 Å². The molecule has 0 aromatic carbocycles. The molecule has 1 aliphatic heterocycles. The Kier molecular flexibility index (Phi) is 6.65. The van der Waals surface area contributed by atoms with Gasteiger partial charge in [0, 0.05) is 13.1 Å². The number of unbranched alkanes of at least 4 members (excludes halogenated alkanes) is 1. The maximum absolute atomic E-state index is 5.64. The van der Waals surface area contributed by atoms with Crippen LogP contribution in [0.5, 0.6) is 0 Å². The molecule has 16 heavy (non-hydrogen) atoms. The molecule has 1 heterocycles. The fraction of sp³-hybridized carbons (Fsp3) is 0.750. The van der Waals surface area contributed by atoms with Gasteiger partial charge in [-0.1, -0.05) is 6.08 Å². The third kappa shape index (κ3) is 5.75. The molecule has 0 unspecified atom stereocenters. The van der Waals surface area contributed by atoms with Gasteiger partial charge in [0.25, 0.3) is 0 Å². The molecule has 0 atom stereocenters. The maximum Gasteiger partial charge on any atom is 0.188 e. The molecule has 0 saturated carbocycles. The number of aliphatic imine (C=N–C) groups is 1. The second-order valence-electron chi connectivity index (χ2n) is 4.19. The van der Waals surface area contributed by atoms with Crippen LogP contribution in [0.15, 0.2) is 17.6 Å². The average molecular weight is 224 g/mol.